The normalized spacial score (nSPS) is 24.0. The van der Waals surface area contributed by atoms with Crippen LogP contribution in [0.25, 0.3) is 0 Å². The molecule has 1 aliphatic heterocycles. The van der Waals surface area contributed by atoms with Crippen molar-refractivity contribution in [3.63, 3.8) is 0 Å². The van der Waals surface area contributed by atoms with Crippen LogP contribution in [0.5, 0.6) is 0 Å². The van der Waals surface area contributed by atoms with Gasteiger partial charge in [-0.1, -0.05) is 0 Å². The van der Waals surface area contributed by atoms with Crippen LogP contribution in [-0.2, 0) is 28.6 Å². The standard InChI is InChI=1S/C16H21N3O9/c1-8(21)17-10-5-6-19(16(25)18-10)15-14(26-2)13(9(7-20)27-15)28-12(24)4-3-11(22)23/h5-6,9,13-15,20H,3-4,7H2,1-2H3,(H,22,23)(H,17,18,21,25)/t9-,13?,14+,15-/m1/s1. The van der Waals surface area contributed by atoms with Crippen molar-refractivity contribution in [2.75, 3.05) is 19.0 Å². The maximum absolute atomic E-state index is 12.3. The van der Waals surface area contributed by atoms with Crippen LogP contribution in [0, 0.1) is 0 Å². The zero-order valence-corrected chi connectivity index (χ0v) is 15.2. The van der Waals surface area contributed by atoms with Gasteiger partial charge in [0.05, 0.1) is 19.4 Å². The molecule has 4 atom stereocenters. The van der Waals surface area contributed by atoms with Gasteiger partial charge >= 0.3 is 17.6 Å². The van der Waals surface area contributed by atoms with Gasteiger partial charge in [0.15, 0.2) is 12.3 Å². The first-order valence-corrected chi connectivity index (χ1v) is 8.34. The van der Waals surface area contributed by atoms with Crippen molar-refractivity contribution in [2.45, 2.75) is 44.3 Å². The molecule has 1 aliphatic rings. The quantitative estimate of drug-likeness (QED) is 0.456. The van der Waals surface area contributed by atoms with Gasteiger partial charge in [-0.2, -0.15) is 4.98 Å². The van der Waals surface area contributed by atoms with Gasteiger partial charge in [0, 0.05) is 20.2 Å². The van der Waals surface area contributed by atoms with Crippen LogP contribution in [0.3, 0.4) is 0 Å². The average molecular weight is 399 g/mol. The number of nitrogens with one attached hydrogen (secondary N) is 1. The number of amides is 1. The van der Waals surface area contributed by atoms with Crippen molar-refractivity contribution >= 4 is 23.7 Å². The van der Waals surface area contributed by atoms with E-state index in [-0.39, 0.29) is 12.2 Å². The smallest absolute Gasteiger partial charge is 0.351 e. The first-order chi connectivity index (χ1) is 13.3. The highest BCUT2D eigenvalue weighted by atomic mass is 16.6. The molecule has 0 bridgehead atoms. The highest BCUT2D eigenvalue weighted by Gasteiger charge is 2.48. The lowest BCUT2D eigenvalue weighted by molar-refractivity contribution is -0.159. The molecule has 12 nitrogen and oxygen atoms in total. The van der Waals surface area contributed by atoms with Gasteiger partial charge in [-0.05, 0) is 6.07 Å². The topological polar surface area (TPSA) is 166 Å². The van der Waals surface area contributed by atoms with E-state index < -0.39 is 61.1 Å². The molecule has 0 aromatic carbocycles. The molecule has 1 aromatic rings. The number of hydrogen-bond donors (Lipinski definition) is 3. The van der Waals surface area contributed by atoms with E-state index in [4.69, 9.17) is 19.3 Å². The van der Waals surface area contributed by atoms with E-state index in [2.05, 4.69) is 10.3 Å². The summed E-state index contributed by atoms with van der Waals surface area (Å²) in [5, 5.41) is 20.6. The molecule has 0 spiro atoms. The number of carbonyl (C=O) groups excluding carboxylic acids is 2. The number of hydrogen-bond acceptors (Lipinski definition) is 9. The Balaban J connectivity index is 2.21. The molecule has 1 fully saturated rings. The van der Waals surface area contributed by atoms with Gasteiger partial charge in [0.25, 0.3) is 0 Å². The second-order valence-corrected chi connectivity index (χ2v) is 5.98. The summed E-state index contributed by atoms with van der Waals surface area (Å²) in [5.41, 5.74) is -0.757. The second-order valence-electron chi connectivity index (χ2n) is 5.98. The third kappa shape index (κ3) is 5.12. The average Bonchev–Trinajstić information content (AvgIpc) is 2.96. The van der Waals surface area contributed by atoms with E-state index in [0.717, 1.165) is 4.57 Å². The Bertz CT molecular complexity index is 794. The minimum Gasteiger partial charge on any atom is -0.481 e. The molecular formula is C16H21N3O9. The molecule has 28 heavy (non-hydrogen) atoms. The van der Waals surface area contributed by atoms with Crippen molar-refractivity contribution in [3.05, 3.63) is 22.7 Å². The number of carboxylic acid groups (broad SMARTS) is 1. The summed E-state index contributed by atoms with van der Waals surface area (Å²) in [4.78, 5) is 49.6. The SMILES string of the molecule is CO[C@H]1C(OC(=O)CCC(=O)O)[C@@H](CO)O[C@H]1n1ccc(NC(C)=O)nc1=O. The highest BCUT2D eigenvalue weighted by molar-refractivity contribution is 5.87. The summed E-state index contributed by atoms with van der Waals surface area (Å²) >= 11 is 0. The molecule has 0 radical (unpaired) electrons. The molecular weight excluding hydrogens is 378 g/mol. The van der Waals surface area contributed by atoms with Gasteiger partial charge in [-0.25, -0.2) is 4.79 Å². The van der Waals surface area contributed by atoms with E-state index in [1.807, 2.05) is 0 Å². The van der Waals surface area contributed by atoms with Crippen LogP contribution in [0.2, 0.25) is 0 Å². The Morgan fingerprint density at radius 1 is 1.32 bits per heavy atom. The molecule has 2 rings (SSSR count). The maximum atomic E-state index is 12.3. The van der Waals surface area contributed by atoms with Crippen molar-refractivity contribution < 1.29 is 38.8 Å². The number of aliphatic hydroxyl groups excluding tert-OH is 1. The van der Waals surface area contributed by atoms with Crippen LogP contribution in [0.15, 0.2) is 17.1 Å². The summed E-state index contributed by atoms with van der Waals surface area (Å²) in [6.07, 6.45) is -3.54. The largest absolute Gasteiger partial charge is 0.481 e. The molecule has 1 unspecified atom stereocenters. The summed E-state index contributed by atoms with van der Waals surface area (Å²) < 4.78 is 17.2. The summed E-state index contributed by atoms with van der Waals surface area (Å²) in [7, 11) is 1.31. The lowest BCUT2D eigenvalue weighted by Crippen LogP contribution is -2.40. The number of rotatable bonds is 8. The molecule has 2 heterocycles. The number of ether oxygens (including phenoxy) is 3. The molecule has 154 valence electrons. The van der Waals surface area contributed by atoms with Crippen LogP contribution in [0.1, 0.15) is 26.0 Å². The first-order valence-electron chi connectivity index (χ1n) is 8.34. The van der Waals surface area contributed by atoms with Crippen LogP contribution < -0.4 is 11.0 Å². The summed E-state index contributed by atoms with van der Waals surface area (Å²) in [5.74, 6) is -2.30. The number of aliphatic carboxylic acids is 1. The lowest BCUT2D eigenvalue weighted by Gasteiger charge is -2.23. The Morgan fingerprint density at radius 2 is 2.04 bits per heavy atom. The van der Waals surface area contributed by atoms with Gasteiger partial charge in [-0.3, -0.25) is 19.0 Å². The predicted molar refractivity (Wildman–Crippen MR) is 91.3 cm³/mol. The molecule has 3 N–H and O–H groups in total. The van der Waals surface area contributed by atoms with Crippen LogP contribution in [-0.4, -0.2) is 69.6 Å². The van der Waals surface area contributed by atoms with E-state index >= 15 is 0 Å². The number of methoxy groups -OCH3 is 1. The molecule has 0 saturated carbocycles. The number of aliphatic hydroxyl groups is 1. The van der Waals surface area contributed by atoms with E-state index in [1.54, 1.807) is 0 Å². The summed E-state index contributed by atoms with van der Waals surface area (Å²) in [6.45, 7) is 0.739. The van der Waals surface area contributed by atoms with Crippen molar-refractivity contribution in [1.82, 2.24) is 9.55 Å². The first kappa shape index (κ1) is 21.5. The Kier molecular flexibility index (Phi) is 7.20. The van der Waals surface area contributed by atoms with E-state index in [9.17, 15) is 24.3 Å². The number of carbonyl (C=O) groups is 3. The van der Waals surface area contributed by atoms with Gasteiger partial charge in [0.1, 0.15) is 18.0 Å². The molecule has 1 aromatic heterocycles. The molecule has 1 saturated heterocycles. The van der Waals surface area contributed by atoms with Crippen molar-refractivity contribution in [2.24, 2.45) is 0 Å². The third-order valence-corrected chi connectivity index (χ3v) is 3.96. The fourth-order valence-electron chi connectivity index (χ4n) is 2.75. The fourth-order valence-corrected chi connectivity index (χ4v) is 2.75. The Hall–Kier alpha value is -2.83. The zero-order chi connectivity index (χ0) is 20.8. The van der Waals surface area contributed by atoms with E-state index in [1.165, 1.54) is 26.3 Å². The lowest BCUT2D eigenvalue weighted by atomic mass is 10.1. The third-order valence-electron chi connectivity index (χ3n) is 3.96. The number of esters is 1. The van der Waals surface area contributed by atoms with E-state index in [0.29, 0.717) is 0 Å². The summed E-state index contributed by atoms with van der Waals surface area (Å²) in [6, 6.07) is 1.37. The van der Waals surface area contributed by atoms with Crippen LogP contribution in [0.4, 0.5) is 5.82 Å². The zero-order valence-electron chi connectivity index (χ0n) is 15.2. The highest BCUT2D eigenvalue weighted by Crippen LogP contribution is 2.32. The second kappa shape index (κ2) is 9.39. The van der Waals surface area contributed by atoms with Crippen molar-refractivity contribution in [3.8, 4) is 0 Å². The molecule has 1 amide bonds. The number of aromatic nitrogens is 2. The minimum atomic E-state index is -1.16. The number of anilines is 1. The fraction of sp³-hybridized carbons (Fsp3) is 0.562. The van der Waals surface area contributed by atoms with Gasteiger partial charge < -0.3 is 29.7 Å². The predicted octanol–water partition coefficient (Wildman–Crippen LogP) is -1.12. The monoisotopic (exact) mass is 399 g/mol. The Labute approximate surface area is 159 Å². The van der Waals surface area contributed by atoms with Gasteiger partial charge in [-0.15, -0.1) is 0 Å². The van der Waals surface area contributed by atoms with Gasteiger partial charge in [0.2, 0.25) is 5.91 Å². The molecule has 0 aliphatic carbocycles. The minimum absolute atomic E-state index is 0.0519. The van der Waals surface area contributed by atoms with Crippen molar-refractivity contribution in [1.29, 1.82) is 0 Å². The molecule has 12 heteroatoms. The Morgan fingerprint density at radius 3 is 2.57 bits per heavy atom. The number of carboxylic acids is 1. The maximum Gasteiger partial charge on any atom is 0.351 e. The van der Waals surface area contributed by atoms with Crippen LogP contribution >= 0.6 is 0 Å². The number of nitrogens with zero attached hydrogens (tertiary/aromatic N) is 2.